The number of amides is 1. The summed E-state index contributed by atoms with van der Waals surface area (Å²) in [7, 11) is 1.78. The van der Waals surface area contributed by atoms with Crippen molar-refractivity contribution in [2.75, 3.05) is 16.8 Å². The fraction of sp³-hybridized carbons (Fsp3) is 0.360. The third-order valence-corrected chi connectivity index (χ3v) is 5.49. The van der Waals surface area contributed by atoms with Crippen molar-refractivity contribution in [3.63, 3.8) is 0 Å². The molecule has 0 bridgehead atoms. The fourth-order valence-corrected chi connectivity index (χ4v) is 4.11. The van der Waals surface area contributed by atoms with E-state index in [9.17, 15) is 9.59 Å². The zero-order valence-corrected chi connectivity index (χ0v) is 18.5. The Morgan fingerprint density at radius 2 is 1.77 bits per heavy atom. The van der Waals surface area contributed by atoms with Gasteiger partial charge in [-0.1, -0.05) is 37.3 Å². The minimum absolute atomic E-state index is 0.0157. The second-order valence-corrected chi connectivity index (χ2v) is 7.78. The van der Waals surface area contributed by atoms with E-state index in [1.165, 1.54) is 0 Å². The van der Waals surface area contributed by atoms with Gasteiger partial charge in [-0.15, -0.1) is 0 Å². The number of nitrogens with zero attached hydrogens (tertiary/aromatic N) is 2. The number of aryl methyl sites for hydroxylation is 2. The van der Waals surface area contributed by atoms with E-state index in [4.69, 9.17) is 0 Å². The Morgan fingerprint density at radius 1 is 1.07 bits per heavy atom. The van der Waals surface area contributed by atoms with Crippen LogP contribution in [-0.2, 0) is 24.7 Å². The molecule has 1 heterocycles. The van der Waals surface area contributed by atoms with Gasteiger partial charge in [0.05, 0.1) is 23.2 Å². The van der Waals surface area contributed by atoms with Gasteiger partial charge in [0.2, 0.25) is 5.91 Å². The molecule has 5 heteroatoms. The van der Waals surface area contributed by atoms with Gasteiger partial charge >= 0.3 is 0 Å². The number of fused-ring (bicyclic) bond motifs is 1. The molecule has 5 nitrogen and oxygen atoms in total. The third kappa shape index (κ3) is 3.97. The van der Waals surface area contributed by atoms with Crippen LogP contribution in [0.1, 0.15) is 38.8 Å². The molecule has 0 fully saturated rings. The minimum atomic E-state index is -0.128. The van der Waals surface area contributed by atoms with Crippen LogP contribution in [0.5, 0.6) is 0 Å². The molecule has 158 valence electrons. The van der Waals surface area contributed by atoms with Crippen molar-refractivity contribution < 1.29 is 4.79 Å². The average Bonchev–Trinajstić information content (AvgIpc) is 2.74. The number of anilines is 2. The maximum Gasteiger partial charge on any atom is 0.256 e. The van der Waals surface area contributed by atoms with Crippen LogP contribution in [0.2, 0.25) is 0 Å². The molecule has 0 aliphatic heterocycles. The number of carbonyl (C=O) groups excluding carboxylic acids is 1. The number of hydrogen-bond acceptors (Lipinski definition) is 3. The lowest BCUT2D eigenvalue weighted by Gasteiger charge is -2.27. The second-order valence-electron chi connectivity index (χ2n) is 7.78. The predicted octanol–water partition coefficient (Wildman–Crippen LogP) is 4.52. The topological polar surface area (TPSA) is 54.3 Å². The monoisotopic (exact) mass is 405 g/mol. The smallest absolute Gasteiger partial charge is 0.256 e. The molecule has 30 heavy (non-hydrogen) atoms. The second kappa shape index (κ2) is 9.16. The Hall–Kier alpha value is -3.08. The van der Waals surface area contributed by atoms with Crippen LogP contribution in [0.15, 0.2) is 53.3 Å². The van der Waals surface area contributed by atoms with E-state index < -0.39 is 0 Å². The van der Waals surface area contributed by atoms with Crippen LogP contribution in [0.3, 0.4) is 0 Å². The lowest BCUT2D eigenvalue weighted by molar-refractivity contribution is -0.118. The summed E-state index contributed by atoms with van der Waals surface area (Å²) >= 11 is 0. The molecule has 0 saturated heterocycles. The summed E-state index contributed by atoms with van der Waals surface area (Å²) in [6.45, 7) is 8.77. The fourth-order valence-electron chi connectivity index (χ4n) is 4.11. The molecule has 0 aliphatic rings. The number of pyridine rings is 1. The Morgan fingerprint density at radius 3 is 2.37 bits per heavy atom. The SMILES string of the molecule is CCNc1c(CC(=O)N(c2ccccc2)C(C)C)c(=O)n(C)c2cccc(CC)c12. The van der Waals surface area contributed by atoms with E-state index in [2.05, 4.69) is 18.3 Å². The number of para-hydroxylation sites is 1. The zero-order valence-electron chi connectivity index (χ0n) is 18.5. The molecule has 3 aromatic rings. The molecule has 0 unspecified atom stereocenters. The molecule has 0 radical (unpaired) electrons. The maximum atomic E-state index is 13.4. The summed E-state index contributed by atoms with van der Waals surface area (Å²) in [5.74, 6) is -0.0826. The van der Waals surface area contributed by atoms with E-state index in [1.807, 2.05) is 63.2 Å². The Bertz CT molecular complexity index is 1100. The first kappa shape index (κ1) is 21.6. The molecule has 0 saturated carbocycles. The highest BCUT2D eigenvalue weighted by atomic mass is 16.2. The van der Waals surface area contributed by atoms with Crippen molar-refractivity contribution in [1.82, 2.24) is 4.57 Å². The van der Waals surface area contributed by atoms with Gasteiger partial charge in [-0.3, -0.25) is 9.59 Å². The number of hydrogen-bond donors (Lipinski definition) is 1. The Labute approximate surface area is 178 Å². The van der Waals surface area contributed by atoms with Gasteiger partial charge in [0.25, 0.3) is 5.56 Å². The summed E-state index contributed by atoms with van der Waals surface area (Å²) in [6.07, 6.45) is 0.902. The van der Waals surface area contributed by atoms with Crippen LogP contribution in [-0.4, -0.2) is 23.1 Å². The molecular weight excluding hydrogens is 374 g/mol. The number of benzene rings is 2. The van der Waals surface area contributed by atoms with Crippen LogP contribution >= 0.6 is 0 Å². The van der Waals surface area contributed by atoms with Gasteiger partial charge in [-0.05, 0) is 51.0 Å². The largest absolute Gasteiger partial charge is 0.384 e. The van der Waals surface area contributed by atoms with Crippen LogP contribution in [0, 0.1) is 0 Å². The third-order valence-electron chi connectivity index (χ3n) is 5.49. The van der Waals surface area contributed by atoms with Gasteiger partial charge in [-0.25, -0.2) is 0 Å². The zero-order chi connectivity index (χ0) is 21.8. The maximum absolute atomic E-state index is 13.4. The summed E-state index contributed by atoms with van der Waals surface area (Å²) in [5, 5.41) is 4.42. The van der Waals surface area contributed by atoms with E-state index in [0.717, 1.165) is 34.3 Å². The Balaban J connectivity index is 2.17. The number of nitrogens with one attached hydrogen (secondary N) is 1. The molecule has 1 N–H and O–H groups in total. The van der Waals surface area contributed by atoms with E-state index in [1.54, 1.807) is 16.5 Å². The van der Waals surface area contributed by atoms with E-state index in [0.29, 0.717) is 12.1 Å². The molecule has 3 rings (SSSR count). The van der Waals surface area contributed by atoms with Crippen molar-refractivity contribution in [2.45, 2.75) is 46.6 Å². The highest BCUT2D eigenvalue weighted by Gasteiger charge is 2.24. The van der Waals surface area contributed by atoms with Crippen molar-refractivity contribution in [3.05, 3.63) is 70.0 Å². The molecule has 1 amide bonds. The summed E-state index contributed by atoms with van der Waals surface area (Å²) in [6, 6.07) is 15.6. The minimum Gasteiger partial charge on any atom is -0.384 e. The quantitative estimate of drug-likeness (QED) is 0.629. The van der Waals surface area contributed by atoms with Crippen LogP contribution in [0.4, 0.5) is 11.4 Å². The van der Waals surface area contributed by atoms with Gasteiger partial charge in [0, 0.05) is 30.7 Å². The van der Waals surface area contributed by atoms with Gasteiger partial charge in [0.15, 0.2) is 0 Å². The summed E-state index contributed by atoms with van der Waals surface area (Å²) < 4.78 is 1.67. The van der Waals surface area contributed by atoms with Gasteiger partial charge in [-0.2, -0.15) is 0 Å². The van der Waals surface area contributed by atoms with Crippen LogP contribution < -0.4 is 15.8 Å². The first-order valence-electron chi connectivity index (χ1n) is 10.6. The highest BCUT2D eigenvalue weighted by Crippen LogP contribution is 2.30. The van der Waals surface area contributed by atoms with E-state index >= 15 is 0 Å². The predicted molar refractivity (Wildman–Crippen MR) is 125 cm³/mol. The summed E-state index contributed by atoms with van der Waals surface area (Å²) in [5.41, 5.74) is 4.08. The number of carbonyl (C=O) groups is 1. The Kier molecular flexibility index (Phi) is 6.60. The van der Waals surface area contributed by atoms with E-state index in [-0.39, 0.29) is 23.9 Å². The van der Waals surface area contributed by atoms with Crippen molar-refractivity contribution in [3.8, 4) is 0 Å². The lowest BCUT2D eigenvalue weighted by atomic mass is 9.99. The molecule has 2 aromatic carbocycles. The normalized spacial score (nSPS) is 11.1. The standard InChI is InChI=1S/C25H31N3O2/c1-6-18-12-11-15-21-23(18)24(26-7-2)20(25(30)27(21)5)16-22(29)28(17(3)4)19-13-9-8-10-14-19/h8-15,17,26H,6-7,16H2,1-5H3. The average molecular weight is 406 g/mol. The van der Waals surface area contributed by atoms with Crippen molar-refractivity contribution in [2.24, 2.45) is 7.05 Å². The van der Waals surface area contributed by atoms with Crippen LogP contribution in [0.25, 0.3) is 10.9 Å². The molecule has 1 aromatic heterocycles. The number of rotatable bonds is 7. The molecule has 0 aliphatic carbocycles. The van der Waals surface area contributed by atoms with Gasteiger partial charge < -0.3 is 14.8 Å². The lowest BCUT2D eigenvalue weighted by Crippen LogP contribution is -2.39. The van der Waals surface area contributed by atoms with Gasteiger partial charge in [0.1, 0.15) is 0 Å². The number of aromatic nitrogens is 1. The first-order chi connectivity index (χ1) is 14.4. The summed E-state index contributed by atoms with van der Waals surface area (Å²) in [4.78, 5) is 28.5. The molecular formula is C25H31N3O2. The molecule has 0 spiro atoms. The van der Waals surface area contributed by atoms with Crippen molar-refractivity contribution in [1.29, 1.82) is 0 Å². The van der Waals surface area contributed by atoms with Crippen molar-refractivity contribution >= 4 is 28.2 Å². The first-order valence-corrected chi connectivity index (χ1v) is 10.6. The highest BCUT2D eigenvalue weighted by molar-refractivity contribution is 6.00. The molecule has 0 atom stereocenters.